The van der Waals surface area contributed by atoms with Crippen LogP contribution < -0.4 is 5.32 Å². The molecule has 0 spiro atoms. The summed E-state index contributed by atoms with van der Waals surface area (Å²) in [5, 5.41) is 2.19. The third-order valence-corrected chi connectivity index (χ3v) is 4.80. The Morgan fingerprint density at radius 3 is 2.17 bits per heavy atom. The number of hydrogen-bond donors (Lipinski definition) is 1. The van der Waals surface area contributed by atoms with Crippen LogP contribution in [-0.4, -0.2) is 19.7 Å². The molecule has 1 amide bonds. The lowest BCUT2D eigenvalue weighted by Crippen LogP contribution is -2.35. The molecule has 156 valence electrons. The van der Waals surface area contributed by atoms with Crippen LogP contribution in [0.25, 0.3) is 0 Å². The largest absolute Gasteiger partial charge is 0.453 e. The molecule has 0 radical (unpaired) electrons. The SMILES string of the molecule is COC(=O)NCC1c2ccccc2C(F)(F)C(F)(F)c2ccc(C(F)(F)F)cc21. The van der Waals surface area contributed by atoms with Gasteiger partial charge in [-0.15, -0.1) is 0 Å². The normalized spacial score (nSPS) is 19.5. The highest BCUT2D eigenvalue weighted by Crippen LogP contribution is 2.56. The number of benzene rings is 2. The number of hydrogen-bond acceptors (Lipinski definition) is 2. The van der Waals surface area contributed by atoms with E-state index in [1.807, 2.05) is 0 Å². The van der Waals surface area contributed by atoms with E-state index in [1.54, 1.807) is 0 Å². The standard InChI is InChI=1S/C19H14F7NO2/c1-29-16(28)27-9-13-11-4-2-3-5-14(11)17(20,21)18(22,23)15-7-6-10(8-12(13)15)19(24,25)26/h2-8,13H,9H2,1H3,(H,27,28). The Bertz CT molecular complexity index is 940. The van der Waals surface area contributed by atoms with Crippen molar-refractivity contribution in [3.8, 4) is 0 Å². The number of ether oxygens (including phenoxy) is 1. The van der Waals surface area contributed by atoms with Crippen molar-refractivity contribution in [2.45, 2.75) is 23.9 Å². The maximum absolute atomic E-state index is 14.8. The van der Waals surface area contributed by atoms with Gasteiger partial charge in [0.1, 0.15) is 0 Å². The highest BCUT2D eigenvalue weighted by molar-refractivity contribution is 5.67. The average Bonchev–Trinajstić information content (AvgIpc) is 2.71. The van der Waals surface area contributed by atoms with E-state index in [-0.39, 0.29) is 5.56 Å². The van der Waals surface area contributed by atoms with E-state index in [9.17, 15) is 35.5 Å². The van der Waals surface area contributed by atoms with Crippen molar-refractivity contribution < 1.29 is 40.3 Å². The summed E-state index contributed by atoms with van der Waals surface area (Å²) in [7, 11) is 1.02. The molecule has 2 aromatic rings. The molecule has 1 N–H and O–H groups in total. The molecule has 0 aromatic heterocycles. The number of alkyl carbamates (subject to hydrolysis) is 1. The van der Waals surface area contributed by atoms with E-state index in [1.165, 1.54) is 6.07 Å². The Kier molecular flexibility index (Phi) is 5.00. The number of halogens is 7. The molecule has 0 aliphatic heterocycles. The Morgan fingerprint density at radius 2 is 1.59 bits per heavy atom. The smallest absolute Gasteiger partial charge is 0.416 e. The zero-order valence-electron chi connectivity index (χ0n) is 14.8. The molecule has 2 aromatic carbocycles. The van der Waals surface area contributed by atoms with Crippen LogP contribution in [-0.2, 0) is 22.8 Å². The van der Waals surface area contributed by atoms with E-state index >= 15 is 0 Å². The lowest BCUT2D eigenvalue weighted by Gasteiger charge is -2.27. The van der Waals surface area contributed by atoms with E-state index < -0.39 is 58.8 Å². The lowest BCUT2D eigenvalue weighted by molar-refractivity contribution is -0.223. The first-order valence-electron chi connectivity index (χ1n) is 8.29. The van der Waals surface area contributed by atoms with Crippen molar-refractivity contribution in [1.82, 2.24) is 5.32 Å². The van der Waals surface area contributed by atoms with Gasteiger partial charge in [-0.25, -0.2) is 4.79 Å². The van der Waals surface area contributed by atoms with Crippen LogP contribution in [0.1, 0.15) is 33.7 Å². The van der Waals surface area contributed by atoms with Gasteiger partial charge in [-0.05, 0) is 23.3 Å². The Hall–Kier alpha value is -2.78. The molecule has 3 rings (SSSR count). The second kappa shape index (κ2) is 6.93. The zero-order chi connectivity index (χ0) is 21.6. The third kappa shape index (κ3) is 3.40. The highest BCUT2D eigenvalue weighted by Gasteiger charge is 2.62. The fourth-order valence-corrected chi connectivity index (χ4v) is 3.38. The molecule has 0 saturated carbocycles. The van der Waals surface area contributed by atoms with E-state index in [0.29, 0.717) is 18.2 Å². The van der Waals surface area contributed by atoms with Crippen LogP contribution in [0.5, 0.6) is 0 Å². The van der Waals surface area contributed by atoms with Crippen LogP contribution in [0.2, 0.25) is 0 Å². The molecule has 1 atom stereocenters. The summed E-state index contributed by atoms with van der Waals surface area (Å²) < 4.78 is 103. The van der Waals surface area contributed by atoms with E-state index in [0.717, 1.165) is 25.3 Å². The molecule has 1 aliphatic rings. The number of methoxy groups -OCH3 is 1. The Labute approximate surface area is 160 Å². The van der Waals surface area contributed by atoms with E-state index in [2.05, 4.69) is 10.1 Å². The molecular weight excluding hydrogens is 407 g/mol. The van der Waals surface area contributed by atoms with E-state index in [4.69, 9.17) is 0 Å². The molecule has 1 aliphatic carbocycles. The third-order valence-electron chi connectivity index (χ3n) is 4.80. The summed E-state index contributed by atoms with van der Waals surface area (Å²) in [6.45, 7) is -0.524. The number of carbonyl (C=O) groups excluding carboxylic acids is 1. The first-order chi connectivity index (χ1) is 13.4. The maximum Gasteiger partial charge on any atom is 0.416 e. The fourth-order valence-electron chi connectivity index (χ4n) is 3.38. The van der Waals surface area contributed by atoms with Crippen LogP contribution >= 0.6 is 0 Å². The average molecular weight is 421 g/mol. The summed E-state index contributed by atoms with van der Waals surface area (Å²) >= 11 is 0. The second-order valence-corrected chi connectivity index (χ2v) is 6.46. The molecule has 10 heteroatoms. The summed E-state index contributed by atoms with van der Waals surface area (Å²) in [4.78, 5) is 11.4. The van der Waals surface area contributed by atoms with Gasteiger partial charge in [0.15, 0.2) is 0 Å². The number of carbonyl (C=O) groups is 1. The highest BCUT2D eigenvalue weighted by atomic mass is 19.4. The van der Waals surface area contributed by atoms with Gasteiger partial charge in [-0.1, -0.05) is 30.3 Å². The number of rotatable bonds is 2. The number of fused-ring (bicyclic) bond motifs is 2. The number of alkyl halides is 7. The predicted octanol–water partition coefficient (Wildman–Crippen LogP) is 5.39. The van der Waals surface area contributed by atoms with Gasteiger partial charge in [0.05, 0.1) is 12.7 Å². The Balaban J connectivity index is 2.31. The van der Waals surface area contributed by atoms with Gasteiger partial charge >= 0.3 is 24.1 Å². The van der Waals surface area contributed by atoms with Crippen LogP contribution in [0, 0.1) is 0 Å². The van der Waals surface area contributed by atoms with Gasteiger partial charge in [-0.3, -0.25) is 0 Å². The van der Waals surface area contributed by atoms with Gasteiger partial charge in [0.2, 0.25) is 0 Å². The van der Waals surface area contributed by atoms with Crippen LogP contribution in [0.15, 0.2) is 42.5 Å². The summed E-state index contributed by atoms with van der Waals surface area (Å²) in [5.41, 5.74) is -4.48. The zero-order valence-corrected chi connectivity index (χ0v) is 14.8. The topological polar surface area (TPSA) is 38.3 Å². The molecule has 0 bridgehead atoms. The number of nitrogens with one attached hydrogen (secondary N) is 1. The minimum atomic E-state index is -4.88. The minimum absolute atomic E-state index is 0.313. The summed E-state index contributed by atoms with van der Waals surface area (Å²) in [6.07, 6.45) is -5.86. The van der Waals surface area contributed by atoms with Crippen molar-refractivity contribution >= 4 is 6.09 Å². The first-order valence-corrected chi connectivity index (χ1v) is 8.29. The van der Waals surface area contributed by atoms with Crippen molar-refractivity contribution in [1.29, 1.82) is 0 Å². The summed E-state index contributed by atoms with van der Waals surface area (Å²) in [6, 6.07) is 5.47. The van der Waals surface area contributed by atoms with Crippen LogP contribution in [0.3, 0.4) is 0 Å². The fraction of sp³-hybridized carbons (Fsp3) is 0.316. The molecule has 0 saturated heterocycles. The molecular formula is C19H14F7NO2. The monoisotopic (exact) mass is 421 g/mol. The van der Waals surface area contributed by atoms with Gasteiger partial charge in [0, 0.05) is 23.6 Å². The van der Waals surface area contributed by atoms with Gasteiger partial charge in [-0.2, -0.15) is 30.7 Å². The van der Waals surface area contributed by atoms with Crippen molar-refractivity contribution in [3.63, 3.8) is 0 Å². The number of amides is 1. The molecule has 1 unspecified atom stereocenters. The first kappa shape index (κ1) is 20.9. The van der Waals surface area contributed by atoms with Crippen LogP contribution in [0.4, 0.5) is 35.5 Å². The quantitative estimate of drug-likeness (QED) is 0.661. The summed E-state index contributed by atoms with van der Waals surface area (Å²) in [5.74, 6) is -10.8. The lowest BCUT2D eigenvalue weighted by atomic mass is 9.86. The van der Waals surface area contributed by atoms with Gasteiger partial charge in [0.25, 0.3) is 0 Å². The molecule has 3 nitrogen and oxygen atoms in total. The van der Waals surface area contributed by atoms with Gasteiger partial charge < -0.3 is 10.1 Å². The minimum Gasteiger partial charge on any atom is -0.453 e. The maximum atomic E-state index is 14.8. The molecule has 29 heavy (non-hydrogen) atoms. The molecule has 0 heterocycles. The second-order valence-electron chi connectivity index (χ2n) is 6.46. The predicted molar refractivity (Wildman–Crippen MR) is 87.9 cm³/mol. The van der Waals surface area contributed by atoms with Crippen molar-refractivity contribution in [2.24, 2.45) is 0 Å². The molecule has 0 fully saturated rings. The van der Waals surface area contributed by atoms with Crippen molar-refractivity contribution in [2.75, 3.05) is 13.7 Å². The van der Waals surface area contributed by atoms with Crippen molar-refractivity contribution in [3.05, 3.63) is 70.3 Å². The Morgan fingerprint density at radius 1 is 1.00 bits per heavy atom.